The predicted octanol–water partition coefficient (Wildman–Crippen LogP) is 4.54. The van der Waals surface area contributed by atoms with Gasteiger partial charge in [0.1, 0.15) is 5.82 Å². The normalized spacial score (nSPS) is 10.6. The Bertz CT molecular complexity index is 802. The second-order valence-corrected chi connectivity index (χ2v) is 7.82. The molecule has 0 heterocycles. The number of carbonyl (C=O) groups excluding carboxylic acids is 2. The summed E-state index contributed by atoms with van der Waals surface area (Å²) >= 11 is 11.7. The molecule has 196 valence electrons. The molecule has 0 fully saturated rings. The van der Waals surface area contributed by atoms with Gasteiger partial charge in [0, 0.05) is 37.1 Å². The van der Waals surface area contributed by atoms with Crippen LogP contribution in [0.5, 0.6) is 0 Å². The van der Waals surface area contributed by atoms with Crippen molar-refractivity contribution >= 4 is 41.3 Å². The molecule has 0 aromatic heterocycles. The van der Waals surface area contributed by atoms with Crippen molar-refractivity contribution in [3.63, 3.8) is 0 Å². The van der Waals surface area contributed by atoms with Gasteiger partial charge in [0.2, 0.25) is 5.91 Å². The Balaban J connectivity index is 0.00000146. The summed E-state index contributed by atoms with van der Waals surface area (Å²) in [6, 6.07) is 13.5. The lowest BCUT2D eigenvalue weighted by molar-refractivity contribution is -0.128. The first kappa shape index (κ1) is 32.6. The molecule has 1 atom stereocenters. The molecular formula is C26H38Cl2FN3O3. The van der Waals surface area contributed by atoms with Gasteiger partial charge in [0.15, 0.2) is 0 Å². The highest BCUT2D eigenvalue weighted by Gasteiger charge is 2.14. The van der Waals surface area contributed by atoms with Crippen LogP contribution >= 0.6 is 23.2 Å². The third-order valence-electron chi connectivity index (χ3n) is 4.66. The molecule has 0 aliphatic heterocycles. The highest BCUT2D eigenvalue weighted by Crippen LogP contribution is 2.16. The molecule has 3 N–H and O–H groups in total. The third kappa shape index (κ3) is 14.6. The molecule has 9 heteroatoms. The van der Waals surface area contributed by atoms with Gasteiger partial charge < -0.3 is 20.7 Å². The molecule has 6 nitrogen and oxygen atoms in total. The molecule has 1 amide bonds. The first-order valence-corrected chi connectivity index (χ1v) is 12.8. The Hall–Kier alpha value is -2.35. The summed E-state index contributed by atoms with van der Waals surface area (Å²) in [6.07, 6.45) is 1.08. The van der Waals surface area contributed by atoms with Crippen molar-refractivity contribution in [2.24, 2.45) is 5.73 Å². The number of benzene rings is 2. The smallest absolute Gasteiger partial charge is 0.293 e. The number of hydrogen-bond acceptors (Lipinski definition) is 5. The predicted molar refractivity (Wildman–Crippen MR) is 144 cm³/mol. The lowest BCUT2D eigenvalue weighted by Crippen LogP contribution is -2.42. The average Bonchev–Trinajstić information content (AvgIpc) is 2.87. The fourth-order valence-corrected chi connectivity index (χ4v) is 3.35. The molecule has 0 bridgehead atoms. The topological polar surface area (TPSA) is 84.7 Å². The number of amides is 1. The van der Waals surface area contributed by atoms with E-state index in [4.69, 9.17) is 28.9 Å². The molecule has 2 aromatic carbocycles. The Kier molecular flexibility index (Phi) is 19.6. The number of nitrogens with one attached hydrogen (secondary N) is 1. The zero-order valence-corrected chi connectivity index (χ0v) is 22.3. The van der Waals surface area contributed by atoms with E-state index in [1.165, 1.54) is 12.1 Å². The van der Waals surface area contributed by atoms with Crippen LogP contribution in [0.3, 0.4) is 0 Å². The number of nitrogens with two attached hydrogens (primary N) is 1. The van der Waals surface area contributed by atoms with E-state index in [-0.39, 0.29) is 11.7 Å². The van der Waals surface area contributed by atoms with E-state index in [9.17, 15) is 14.0 Å². The van der Waals surface area contributed by atoms with Crippen LogP contribution in [0.4, 0.5) is 10.1 Å². The number of carbonyl (C=O) groups is 2. The second-order valence-electron chi connectivity index (χ2n) is 7.06. The van der Waals surface area contributed by atoms with Gasteiger partial charge in [0.25, 0.3) is 6.47 Å². The maximum absolute atomic E-state index is 12.9. The van der Waals surface area contributed by atoms with Crippen molar-refractivity contribution in [3.8, 4) is 0 Å². The summed E-state index contributed by atoms with van der Waals surface area (Å²) in [5.74, 6) is 0.592. The minimum Gasteiger partial charge on any atom is -0.468 e. The third-order valence-corrected chi connectivity index (χ3v) is 5.00. The zero-order valence-electron chi connectivity index (χ0n) is 20.8. The summed E-state index contributed by atoms with van der Waals surface area (Å²) in [6.45, 7) is 8.58. The maximum Gasteiger partial charge on any atom is 0.293 e. The molecule has 0 aliphatic carbocycles. The van der Waals surface area contributed by atoms with Gasteiger partial charge in [-0.3, -0.25) is 9.59 Å². The monoisotopic (exact) mass is 529 g/mol. The number of halogens is 3. The minimum absolute atomic E-state index is 0.197. The van der Waals surface area contributed by atoms with Crippen LogP contribution in [-0.4, -0.2) is 56.4 Å². The van der Waals surface area contributed by atoms with Crippen LogP contribution in [0.25, 0.3) is 0 Å². The minimum atomic E-state index is -0.624. The standard InChI is InChI=1S/C21H26Cl2FN3O.C3H6O2.C2H6/c22-10-13-27(14-11-23)19-7-3-17(4-8-19)15-20(25)21(28)26-12-9-16-1-5-18(24)6-2-16;1-2-5-3-4;1-2/h1-8,20H,9-15,25H2,(H,26,28);3H,2H2,1H3;1-2H3/t20-;;/m0../s1. The molecule has 0 aliphatic rings. The number of rotatable bonds is 13. The van der Waals surface area contributed by atoms with Gasteiger partial charge in [-0.1, -0.05) is 38.1 Å². The molecule has 0 radical (unpaired) electrons. The SMILES string of the molecule is CC.CCOC=O.N[C@@H](Cc1ccc(N(CCCl)CCCl)cc1)C(=O)NCCc1ccc(F)cc1. The molecule has 0 saturated heterocycles. The van der Waals surface area contributed by atoms with E-state index in [0.29, 0.717) is 44.2 Å². The second kappa shape index (κ2) is 21.0. The number of hydrogen-bond donors (Lipinski definition) is 2. The molecule has 0 saturated carbocycles. The maximum atomic E-state index is 12.9. The fraction of sp³-hybridized carbons (Fsp3) is 0.462. The van der Waals surface area contributed by atoms with Crippen LogP contribution < -0.4 is 16.0 Å². The van der Waals surface area contributed by atoms with Gasteiger partial charge in [0.05, 0.1) is 12.6 Å². The van der Waals surface area contributed by atoms with Crippen molar-refractivity contribution in [1.82, 2.24) is 5.32 Å². The first-order chi connectivity index (χ1) is 16.9. The molecular weight excluding hydrogens is 492 g/mol. The summed E-state index contributed by atoms with van der Waals surface area (Å²) in [5, 5.41) is 2.83. The Morgan fingerprint density at radius 1 is 1.06 bits per heavy atom. The van der Waals surface area contributed by atoms with Crippen molar-refractivity contribution in [1.29, 1.82) is 0 Å². The van der Waals surface area contributed by atoms with Crippen molar-refractivity contribution in [3.05, 3.63) is 65.5 Å². The summed E-state index contributed by atoms with van der Waals surface area (Å²) < 4.78 is 17.0. The molecule has 0 spiro atoms. The largest absolute Gasteiger partial charge is 0.468 e. The van der Waals surface area contributed by atoms with Crippen LogP contribution in [0, 0.1) is 5.82 Å². The van der Waals surface area contributed by atoms with Gasteiger partial charge in [-0.25, -0.2) is 4.39 Å². The Morgan fingerprint density at radius 2 is 1.60 bits per heavy atom. The molecule has 2 rings (SSSR count). The lowest BCUT2D eigenvalue weighted by atomic mass is 10.1. The summed E-state index contributed by atoms with van der Waals surface area (Å²) in [7, 11) is 0. The molecule has 2 aromatic rings. The first-order valence-electron chi connectivity index (χ1n) is 11.7. The van der Waals surface area contributed by atoms with Crippen LogP contribution in [0.1, 0.15) is 31.9 Å². The summed E-state index contributed by atoms with van der Waals surface area (Å²) in [4.78, 5) is 23.5. The van der Waals surface area contributed by atoms with Crippen molar-refractivity contribution < 1.29 is 18.7 Å². The van der Waals surface area contributed by atoms with Crippen LogP contribution in [0.2, 0.25) is 0 Å². The van der Waals surface area contributed by atoms with Crippen LogP contribution in [0.15, 0.2) is 48.5 Å². The Labute approximate surface area is 218 Å². The average molecular weight is 531 g/mol. The van der Waals surface area contributed by atoms with Gasteiger partial charge in [-0.15, -0.1) is 23.2 Å². The Morgan fingerprint density at radius 3 is 2.06 bits per heavy atom. The molecule has 35 heavy (non-hydrogen) atoms. The number of anilines is 1. The highest BCUT2D eigenvalue weighted by molar-refractivity contribution is 6.18. The van der Waals surface area contributed by atoms with Gasteiger partial charge >= 0.3 is 0 Å². The molecule has 0 unspecified atom stereocenters. The van der Waals surface area contributed by atoms with Gasteiger partial charge in [-0.2, -0.15) is 0 Å². The highest BCUT2D eigenvalue weighted by atomic mass is 35.5. The van der Waals surface area contributed by atoms with E-state index in [1.807, 2.05) is 38.1 Å². The number of nitrogens with zero attached hydrogens (tertiary/aromatic N) is 1. The lowest BCUT2D eigenvalue weighted by Gasteiger charge is -2.23. The van der Waals surface area contributed by atoms with Gasteiger partial charge in [-0.05, 0) is 55.2 Å². The fourth-order valence-electron chi connectivity index (χ4n) is 2.94. The van der Waals surface area contributed by atoms with E-state index < -0.39 is 6.04 Å². The summed E-state index contributed by atoms with van der Waals surface area (Å²) in [5.41, 5.74) is 9.03. The quantitative estimate of drug-likeness (QED) is 0.293. The zero-order chi connectivity index (χ0) is 26.5. The number of ether oxygens (including phenoxy) is 1. The van der Waals surface area contributed by atoms with E-state index in [0.717, 1.165) is 29.9 Å². The number of alkyl halides is 2. The van der Waals surface area contributed by atoms with E-state index >= 15 is 0 Å². The van der Waals surface area contributed by atoms with Crippen LogP contribution in [-0.2, 0) is 27.2 Å². The van der Waals surface area contributed by atoms with Crippen molar-refractivity contribution in [2.45, 2.75) is 39.7 Å². The van der Waals surface area contributed by atoms with E-state index in [1.54, 1.807) is 19.1 Å². The van der Waals surface area contributed by atoms with E-state index in [2.05, 4.69) is 15.0 Å². The van der Waals surface area contributed by atoms with Crippen molar-refractivity contribution in [2.75, 3.05) is 42.9 Å².